The van der Waals surface area contributed by atoms with Gasteiger partial charge in [0, 0.05) is 10.0 Å². The third kappa shape index (κ3) is 3.38. The summed E-state index contributed by atoms with van der Waals surface area (Å²) in [5.41, 5.74) is 3.27. The lowest BCUT2D eigenvalue weighted by molar-refractivity contribution is 0.392. The van der Waals surface area contributed by atoms with E-state index in [0.717, 1.165) is 15.6 Å². The van der Waals surface area contributed by atoms with Crippen molar-refractivity contribution in [1.82, 2.24) is 0 Å². The fraction of sp³-hybridized carbons (Fsp3) is 0.250. The number of hydrogen-bond acceptors (Lipinski definition) is 2. The lowest BCUT2D eigenvalue weighted by Crippen LogP contribution is -1.99. The Bertz CT molecular complexity index is 659. The van der Waals surface area contributed by atoms with Gasteiger partial charge >= 0.3 is 0 Å². The molecule has 112 valence electrons. The Balaban J connectivity index is 2.50. The summed E-state index contributed by atoms with van der Waals surface area (Å²) in [5.74, 6) is 1.22. The molecule has 0 heterocycles. The molecule has 2 aromatic rings. The summed E-state index contributed by atoms with van der Waals surface area (Å²) in [4.78, 5) is -0.0114. The van der Waals surface area contributed by atoms with Crippen LogP contribution in [0, 0.1) is 6.92 Å². The third-order valence-electron chi connectivity index (χ3n) is 3.26. The summed E-state index contributed by atoms with van der Waals surface area (Å²) in [7, 11) is 3.20. The first-order valence-electron chi connectivity index (χ1n) is 6.30. The minimum absolute atomic E-state index is 0.0114. The van der Waals surface area contributed by atoms with Crippen molar-refractivity contribution in [3.8, 4) is 11.5 Å². The van der Waals surface area contributed by atoms with E-state index in [2.05, 4.69) is 50.9 Å². The Hall–Kier alpha value is -0.710. The number of benzene rings is 2. The monoisotopic (exact) mass is 432 g/mol. The molecule has 0 fully saturated rings. The lowest BCUT2D eigenvalue weighted by Gasteiger charge is -2.18. The standard InChI is InChI=1S/C16H15Br2ClO2/c1-9-8-10(4-6-12(9)17)14(18)11-5-7-13(20-2)15(19)16(11)21-3/h4-8,14H,1-3H3. The van der Waals surface area contributed by atoms with Crippen molar-refractivity contribution in [1.29, 1.82) is 0 Å². The van der Waals surface area contributed by atoms with Gasteiger partial charge in [-0.25, -0.2) is 0 Å². The van der Waals surface area contributed by atoms with Crippen LogP contribution in [0.3, 0.4) is 0 Å². The molecule has 2 aromatic carbocycles. The Morgan fingerprint density at radius 1 is 1.10 bits per heavy atom. The van der Waals surface area contributed by atoms with Crippen LogP contribution in [0.5, 0.6) is 11.5 Å². The van der Waals surface area contributed by atoms with Crippen LogP contribution in [0.1, 0.15) is 21.5 Å². The zero-order valence-electron chi connectivity index (χ0n) is 11.9. The highest BCUT2D eigenvalue weighted by atomic mass is 79.9. The summed E-state index contributed by atoms with van der Waals surface area (Å²) in [6, 6.07) is 10.0. The van der Waals surface area contributed by atoms with E-state index in [1.54, 1.807) is 14.2 Å². The minimum Gasteiger partial charge on any atom is -0.495 e. The molecule has 1 unspecified atom stereocenters. The molecule has 0 amide bonds. The quantitative estimate of drug-likeness (QED) is 0.557. The minimum atomic E-state index is -0.0114. The summed E-state index contributed by atoms with van der Waals surface area (Å²) < 4.78 is 11.8. The normalized spacial score (nSPS) is 12.1. The molecular formula is C16H15Br2ClO2. The van der Waals surface area contributed by atoms with Gasteiger partial charge in [0.1, 0.15) is 16.5 Å². The van der Waals surface area contributed by atoms with Crippen LogP contribution in [0.2, 0.25) is 5.02 Å². The second-order valence-electron chi connectivity index (χ2n) is 4.58. The maximum atomic E-state index is 6.32. The molecule has 0 saturated carbocycles. The van der Waals surface area contributed by atoms with E-state index >= 15 is 0 Å². The molecule has 0 aliphatic rings. The predicted octanol–water partition coefficient (Wildman–Crippen LogP) is 5.91. The highest BCUT2D eigenvalue weighted by Crippen LogP contribution is 2.44. The average Bonchev–Trinajstić information content (AvgIpc) is 2.49. The van der Waals surface area contributed by atoms with Gasteiger partial charge in [-0.2, -0.15) is 0 Å². The number of methoxy groups -OCH3 is 2. The molecular weight excluding hydrogens is 419 g/mol. The van der Waals surface area contributed by atoms with E-state index in [1.807, 2.05) is 18.2 Å². The average molecular weight is 435 g/mol. The van der Waals surface area contributed by atoms with Crippen molar-refractivity contribution in [2.45, 2.75) is 11.8 Å². The first-order valence-corrected chi connectivity index (χ1v) is 8.38. The van der Waals surface area contributed by atoms with Crippen molar-refractivity contribution >= 4 is 43.5 Å². The third-order valence-corrected chi connectivity index (χ3v) is 5.53. The van der Waals surface area contributed by atoms with Crippen molar-refractivity contribution in [2.24, 2.45) is 0 Å². The van der Waals surface area contributed by atoms with Crippen molar-refractivity contribution in [3.63, 3.8) is 0 Å². The highest BCUT2D eigenvalue weighted by Gasteiger charge is 2.20. The Morgan fingerprint density at radius 3 is 2.38 bits per heavy atom. The van der Waals surface area contributed by atoms with Gasteiger partial charge in [-0.3, -0.25) is 0 Å². The van der Waals surface area contributed by atoms with E-state index in [4.69, 9.17) is 21.1 Å². The van der Waals surface area contributed by atoms with Crippen molar-refractivity contribution in [2.75, 3.05) is 14.2 Å². The molecule has 0 radical (unpaired) electrons. The zero-order valence-corrected chi connectivity index (χ0v) is 15.8. The summed E-state index contributed by atoms with van der Waals surface area (Å²) in [6.45, 7) is 2.06. The summed E-state index contributed by atoms with van der Waals surface area (Å²) >= 11 is 13.6. The number of alkyl halides is 1. The number of halogens is 3. The van der Waals surface area contributed by atoms with Gasteiger partial charge in [0.15, 0.2) is 0 Å². The van der Waals surface area contributed by atoms with Gasteiger partial charge in [-0.05, 0) is 30.2 Å². The molecule has 21 heavy (non-hydrogen) atoms. The predicted molar refractivity (Wildman–Crippen MR) is 94.2 cm³/mol. The van der Waals surface area contributed by atoms with Gasteiger partial charge in [0.25, 0.3) is 0 Å². The number of hydrogen-bond donors (Lipinski definition) is 0. The van der Waals surface area contributed by atoms with Gasteiger partial charge in [0.05, 0.1) is 19.0 Å². The number of aryl methyl sites for hydroxylation is 1. The molecule has 1 atom stereocenters. The van der Waals surface area contributed by atoms with Gasteiger partial charge in [-0.1, -0.05) is 61.7 Å². The topological polar surface area (TPSA) is 18.5 Å². The number of rotatable bonds is 4. The van der Waals surface area contributed by atoms with E-state index in [1.165, 1.54) is 5.56 Å². The molecule has 0 saturated heterocycles. The van der Waals surface area contributed by atoms with E-state index in [0.29, 0.717) is 16.5 Å². The maximum absolute atomic E-state index is 6.32. The maximum Gasteiger partial charge on any atom is 0.145 e. The van der Waals surface area contributed by atoms with Crippen LogP contribution in [0.15, 0.2) is 34.8 Å². The smallest absolute Gasteiger partial charge is 0.145 e. The molecule has 0 aliphatic heterocycles. The molecule has 0 aliphatic carbocycles. The fourth-order valence-corrected chi connectivity index (χ4v) is 3.34. The zero-order chi connectivity index (χ0) is 15.6. The Labute approximate surface area is 146 Å². The first kappa shape index (κ1) is 16.7. The second-order valence-corrected chi connectivity index (χ2v) is 6.72. The van der Waals surface area contributed by atoms with Crippen LogP contribution in [0.25, 0.3) is 0 Å². The van der Waals surface area contributed by atoms with Crippen molar-refractivity contribution in [3.05, 3.63) is 56.5 Å². The molecule has 2 rings (SSSR count). The Morgan fingerprint density at radius 2 is 1.81 bits per heavy atom. The van der Waals surface area contributed by atoms with Crippen LogP contribution in [-0.4, -0.2) is 14.2 Å². The molecule has 0 aromatic heterocycles. The van der Waals surface area contributed by atoms with Crippen LogP contribution in [-0.2, 0) is 0 Å². The summed E-state index contributed by atoms with van der Waals surface area (Å²) in [5, 5.41) is 0.482. The number of ether oxygens (including phenoxy) is 2. The molecule has 5 heteroatoms. The second kappa shape index (κ2) is 7.03. The Kier molecular flexibility index (Phi) is 5.58. The van der Waals surface area contributed by atoms with Gasteiger partial charge < -0.3 is 9.47 Å². The first-order chi connectivity index (χ1) is 9.99. The SMILES string of the molecule is COc1ccc(C(Br)c2ccc(Br)c(C)c2)c(OC)c1Cl. The van der Waals surface area contributed by atoms with Gasteiger partial charge in [0.2, 0.25) is 0 Å². The highest BCUT2D eigenvalue weighted by molar-refractivity contribution is 9.10. The van der Waals surface area contributed by atoms with Crippen LogP contribution in [0.4, 0.5) is 0 Å². The van der Waals surface area contributed by atoms with Crippen molar-refractivity contribution < 1.29 is 9.47 Å². The van der Waals surface area contributed by atoms with E-state index in [-0.39, 0.29) is 4.83 Å². The fourth-order valence-electron chi connectivity index (χ4n) is 2.12. The van der Waals surface area contributed by atoms with Crippen LogP contribution < -0.4 is 9.47 Å². The lowest BCUT2D eigenvalue weighted by atomic mass is 10.0. The molecule has 0 bridgehead atoms. The van der Waals surface area contributed by atoms with E-state index < -0.39 is 0 Å². The molecule has 0 spiro atoms. The molecule has 2 nitrogen and oxygen atoms in total. The van der Waals surface area contributed by atoms with Crippen LogP contribution >= 0.6 is 43.5 Å². The molecule has 0 N–H and O–H groups in total. The summed E-state index contributed by atoms with van der Waals surface area (Å²) in [6.07, 6.45) is 0. The van der Waals surface area contributed by atoms with E-state index in [9.17, 15) is 0 Å². The van der Waals surface area contributed by atoms with Gasteiger partial charge in [-0.15, -0.1) is 0 Å². The largest absolute Gasteiger partial charge is 0.495 e.